The van der Waals surface area contributed by atoms with E-state index in [1.54, 1.807) is 10.7 Å². The molecule has 0 bridgehead atoms. The number of para-hydroxylation sites is 1. The first-order valence-electron chi connectivity index (χ1n) is 7.53. The molecule has 0 aliphatic carbocycles. The van der Waals surface area contributed by atoms with Crippen LogP contribution < -0.4 is 10.1 Å². The van der Waals surface area contributed by atoms with Crippen LogP contribution in [0.25, 0.3) is 5.69 Å². The van der Waals surface area contributed by atoms with Crippen LogP contribution in [-0.2, 0) is 4.79 Å². The standard InChI is InChI=1S/C18H15BrFN3O2/c1-12-9-17(23(22-12)14-5-3-2-4-6-14)21-18(24)11-25-16-8-7-13(20)10-15(16)19/h2-10H,11H2,1H3,(H,21,24). The summed E-state index contributed by atoms with van der Waals surface area (Å²) in [5.74, 6) is 0.221. The molecule has 0 aliphatic rings. The molecule has 3 aromatic rings. The summed E-state index contributed by atoms with van der Waals surface area (Å²) in [6.07, 6.45) is 0. The Morgan fingerprint density at radius 1 is 1.24 bits per heavy atom. The molecule has 5 nitrogen and oxygen atoms in total. The monoisotopic (exact) mass is 403 g/mol. The molecule has 0 aliphatic heterocycles. The van der Waals surface area contributed by atoms with E-state index >= 15 is 0 Å². The molecule has 25 heavy (non-hydrogen) atoms. The first kappa shape index (κ1) is 17.2. The lowest BCUT2D eigenvalue weighted by molar-refractivity contribution is -0.118. The number of nitrogens with one attached hydrogen (secondary N) is 1. The third-order valence-electron chi connectivity index (χ3n) is 3.35. The lowest BCUT2D eigenvalue weighted by Crippen LogP contribution is -2.22. The van der Waals surface area contributed by atoms with E-state index in [2.05, 4.69) is 26.3 Å². The predicted molar refractivity (Wildman–Crippen MR) is 96.5 cm³/mol. The number of aryl methyl sites for hydroxylation is 1. The van der Waals surface area contributed by atoms with Gasteiger partial charge in [-0.05, 0) is 53.2 Å². The van der Waals surface area contributed by atoms with Crippen LogP contribution >= 0.6 is 15.9 Å². The minimum atomic E-state index is -0.383. The van der Waals surface area contributed by atoms with Gasteiger partial charge in [0.15, 0.2) is 6.61 Å². The highest BCUT2D eigenvalue weighted by atomic mass is 79.9. The minimum absolute atomic E-state index is 0.205. The number of rotatable bonds is 5. The van der Waals surface area contributed by atoms with E-state index in [0.29, 0.717) is 16.0 Å². The topological polar surface area (TPSA) is 56.1 Å². The molecule has 2 aromatic carbocycles. The van der Waals surface area contributed by atoms with Gasteiger partial charge in [-0.1, -0.05) is 18.2 Å². The van der Waals surface area contributed by atoms with Crippen molar-refractivity contribution >= 4 is 27.7 Å². The van der Waals surface area contributed by atoms with Crippen molar-refractivity contribution in [1.82, 2.24) is 9.78 Å². The van der Waals surface area contributed by atoms with E-state index in [9.17, 15) is 9.18 Å². The van der Waals surface area contributed by atoms with Gasteiger partial charge < -0.3 is 10.1 Å². The van der Waals surface area contributed by atoms with Crippen LogP contribution in [0.2, 0.25) is 0 Å². The minimum Gasteiger partial charge on any atom is -0.483 e. The van der Waals surface area contributed by atoms with Crippen LogP contribution in [0.1, 0.15) is 5.69 Å². The van der Waals surface area contributed by atoms with Crippen molar-refractivity contribution in [3.05, 3.63) is 70.6 Å². The summed E-state index contributed by atoms with van der Waals surface area (Å²) in [5.41, 5.74) is 1.62. The van der Waals surface area contributed by atoms with Crippen molar-refractivity contribution in [3.63, 3.8) is 0 Å². The largest absolute Gasteiger partial charge is 0.483 e. The zero-order valence-corrected chi connectivity index (χ0v) is 15.0. The Balaban J connectivity index is 1.69. The van der Waals surface area contributed by atoms with Gasteiger partial charge in [0, 0.05) is 6.07 Å². The second kappa shape index (κ2) is 7.48. The molecule has 0 saturated heterocycles. The molecule has 0 spiro atoms. The van der Waals surface area contributed by atoms with Crippen molar-refractivity contribution in [3.8, 4) is 11.4 Å². The summed E-state index contributed by atoms with van der Waals surface area (Å²) >= 11 is 3.20. The second-order valence-electron chi connectivity index (χ2n) is 5.33. The highest BCUT2D eigenvalue weighted by Gasteiger charge is 2.12. The van der Waals surface area contributed by atoms with Gasteiger partial charge in [0.25, 0.3) is 5.91 Å². The summed E-state index contributed by atoms with van der Waals surface area (Å²) in [4.78, 5) is 12.2. The average Bonchev–Trinajstić information content (AvgIpc) is 2.95. The molecule has 0 atom stereocenters. The molecular formula is C18H15BrFN3O2. The van der Waals surface area contributed by atoms with E-state index in [4.69, 9.17) is 4.74 Å². The van der Waals surface area contributed by atoms with Crippen LogP contribution in [0.4, 0.5) is 10.2 Å². The maximum absolute atomic E-state index is 13.1. The molecular weight excluding hydrogens is 389 g/mol. The van der Waals surface area contributed by atoms with Crippen molar-refractivity contribution in [2.24, 2.45) is 0 Å². The van der Waals surface area contributed by atoms with Gasteiger partial charge >= 0.3 is 0 Å². The number of amides is 1. The van der Waals surface area contributed by atoms with Crippen molar-refractivity contribution in [2.75, 3.05) is 11.9 Å². The number of halogens is 2. The number of hydrogen-bond acceptors (Lipinski definition) is 3. The van der Waals surface area contributed by atoms with Gasteiger partial charge in [-0.2, -0.15) is 5.10 Å². The molecule has 1 heterocycles. The van der Waals surface area contributed by atoms with E-state index in [0.717, 1.165) is 11.4 Å². The first-order valence-corrected chi connectivity index (χ1v) is 8.32. The summed E-state index contributed by atoms with van der Waals surface area (Å²) < 4.78 is 20.6. The fraction of sp³-hybridized carbons (Fsp3) is 0.111. The van der Waals surface area contributed by atoms with E-state index in [1.165, 1.54) is 18.2 Å². The normalized spacial score (nSPS) is 10.5. The van der Waals surface area contributed by atoms with Gasteiger partial charge in [0.05, 0.1) is 15.9 Å². The highest BCUT2D eigenvalue weighted by molar-refractivity contribution is 9.10. The molecule has 7 heteroatoms. The molecule has 0 saturated carbocycles. The van der Waals surface area contributed by atoms with Crippen molar-refractivity contribution in [1.29, 1.82) is 0 Å². The van der Waals surface area contributed by atoms with Crippen molar-refractivity contribution < 1.29 is 13.9 Å². The second-order valence-corrected chi connectivity index (χ2v) is 6.18. The van der Waals surface area contributed by atoms with Crippen molar-refractivity contribution in [2.45, 2.75) is 6.92 Å². The van der Waals surface area contributed by atoms with Gasteiger partial charge in [0.2, 0.25) is 0 Å². The molecule has 0 unspecified atom stereocenters. The zero-order valence-electron chi connectivity index (χ0n) is 13.4. The van der Waals surface area contributed by atoms with Crippen LogP contribution in [0.3, 0.4) is 0 Å². The maximum Gasteiger partial charge on any atom is 0.263 e. The van der Waals surface area contributed by atoms with Crippen LogP contribution in [0, 0.1) is 12.7 Å². The van der Waals surface area contributed by atoms with E-state index in [1.807, 2.05) is 37.3 Å². The fourth-order valence-electron chi connectivity index (χ4n) is 2.27. The quantitative estimate of drug-likeness (QED) is 0.697. The lowest BCUT2D eigenvalue weighted by Gasteiger charge is -2.10. The Bertz CT molecular complexity index is 897. The molecule has 1 aromatic heterocycles. The fourth-order valence-corrected chi connectivity index (χ4v) is 2.73. The van der Waals surface area contributed by atoms with Crippen LogP contribution in [-0.4, -0.2) is 22.3 Å². The maximum atomic E-state index is 13.1. The zero-order chi connectivity index (χ0) is 17.8. The number of hydrogen-bond donors (Lipinski definition) is 1. The van der Waals surface area contributed by atoms with Gasteiger partial charge in [-0.15, -0.1) is 0 Å². The summed E-state index contributed by atoms with van der Waals surface area (Å²) in [7, 11) is 0. The lowest BCUT2D eigenvalue weighted by atomic mass is 10.3. The molecule has 1 amide bonds. The number of carbonyl (C=O) groups is 1. The Labute approximate surface area is 152 Å². The molecule has 0 fully saturated rings. The smallest absolute Gasteiger partial charge is 0.263 e. The predicted octanol–water partition coefficient (Wildman–Crippen LogP) is 4.10. The molecule has 128 valence electrons. The van der Waals surface area contributed by atoms with Crippen LogP contribution in [0.15, 0.2) is 59.1 Å². The first-order chi connectivity index (χ1) is 12.0. The Hall–Kier alpha value is -2.67. The molecule has 1 N–H and O–H groups in total. The Morgan fingerprint density at radius 3 is 2.72 bits per heavy atom. The summed E-state index contributed by atoms with van der Waals surface area (Å²) in [6.45, 7) is 1.64. The summed E-state index contributed by atoms with van der Waals surface area (Å²) in [6, 6.07) is 15.3. The number of carbonyl (C=O) groups excluding carboxylic acids is 1. The number of benzene rings is 2. The SMILES string of the molecule is Cc1cc(NC(=O)COc2ccc(F)cc2Br)n(-c2ccccc2)n1. The van der Waals surface area contributed by atoms with Gasteiger partial charge in [-0.25, -0.2) is 9.07 Å². The highest BCUT2D eigenvalue weighted by Crippen LogP contribution is 2.25. The third-order valence-corrected chi connectivity index (χ3v) is 3.97. The number of aromatic nitrogens is 2. The third kappa shape index (κ3) is 4.24. The molecule has 0 radical (unpaired) electrons. The van der Waals surface area contributed by atoms with Crippen LogP contribution in [0.5, 0.6) is 5.75 Å². The Kier molecular flexibility index (Phi) is 5.14. The number of ether oxygens (including phenoxy) is 1. The van der Waals surface area contributed by atoms with Gasteiger partial charge in [-0.3, -0.25) is 4.79 Å². The average molecular weight is 404 g/mol. The van der Waals surface area contributed by atoms with E-state index < -0.39 is 0 Å². The Morgan fingerprint density at radius 2 is 2.00 bits per heavy atom. The molecule has 3 rings (SSSR count). The number of anilines is 1. The van der Waals surface area contributed by atoms with E-state index in [-0.39, 0.29) is 18.3 Å². The number of nitrogens with zero attached hydrogens (tertiary/aromatic N) is 2. The van der Waals surface area contributed by atoms with Gasteiger partial charge in [0.1, 0.15) is 17.4 Å². The summed E-state index contributed by atoms with van der Waals surface area (Å²) in [5, 5.41) is 7.17.